The zero-order chi connectivity index (χ0) is 11.7. The number of nitrogens with one attached hydrogen (secondary N) is 1. The largest absolute Gasteiger partial charge is 0.487 e. The summed E-state index contributed by atoms with van der Waals surface area (Å²) < 4.78 is 19.3. The van der Waals surface area contributed by atoms with E-state index < -0.39 is 6.17 Å². The first-order valence-electron chi connectivity index (χ1n) is 5.97. The van der Waals surface area contributed by atoms with Crippen LogP contribution in [-0.2, 0) is 6.54 Å². The Balaban J connectivity index is 1.74. The van der Waals surface area contributed by atoms with E-state index in [1.807, 2.05) is 24.4 Å². The van der Waals surface area contributed by atoms with Crippen LogP contribution in [0.4, 0.5) is 4.39 Å². The minimum atomic E-state index is -0.925. The van der Waals surface area contributed by atoms with Gasteiger partial charge in [0.25, 0.3) is 0 Å². The van der Waals surface area contributed by atoms with Gasteiger partial charge in [0, 0.05) is 18.3 Å². The number of rotatable bonds is 2. The molecule has 1 aromatic rings. The van der Waals surface area contributed by atoms with Crippen LogP contribution in [0.1, 0.15) is 17.5 Å². The van der Waals surface area contributed by atoms with Crippen LogP contribution in [0.3, 0.4) is 0 Å². The average molecular weight is 234 g/mol. The van der Waals surface area contributed by atoms with Gasteiger partial charge in [-0.15, -0.1) is 0 Å². The normalized spacial score (nSPS) is 26.9. The molecule has 3 nitrogen and oxygen atoms in total. The smallest absolute Gasteiger partial charge is 0.149 e. The third kappa shape index (κ3) is 2.17. The Kier molecular flexibility index (Phi) is 2.81. The number of halogens is 1. The highest BCUT2D eigenvalue weighted by atomic mass is 19.1. The molecule has 0 saturated carbocycles. The molecule has 1 N–H and O–H groups in total. The lowest BCUT2D eigenvalue weighted by atomic mass is 10.1. The molecular formula is C13H15FN2O. The fraction of sp³-hybridized carbons (Fsp3) is 0.462. The number of alkyl halides is 1. The zero-order valence-electron chi connectivity index (χ0n) is 9.53. The maximum atomic E-state index is 13.6. The zero-order valence-corrected chi connectivity index (χ0v) is 9.53. The summed E-state index contributed by atoms with van der Waals surface area (Å²) in [4.78, 5) is 4.19. The van der Waals surface area contributed by atoms with E-state index in [9.17, 15) is 4.39 Å². The van der Waals surface area contributed by atoms with Crippen molar-refractivity contribution in [2.24, 2.45) is 4.99 Å². The molecule has 0 bridgehead atoms. The Morgan fingerprint density at radius 1 is 1.41 bits per heavy atom. The molecule has 2 aliphatic heterocycles. The molecule has 2 heterocycles. The molecule has 3 rings (SSSR count). The van der Waals surface area contributed by atoms with Gasteiger partial charge in [-0.2, -0.15) is 0 Å². The summed E-state index contributed by atoms with van der Waals surface area (Å²) in [7, 11) is 0. The van der Waals surface area contributed by atoms with Gasteiger partial charge >= 0.3 is 0 Å². The van der Waals surface area contributed by atoms with E-state index in [4.69, 9.17) is 4.74 Å². The van der Waals surface area contributed by atoms with Gasteiger partial charge in [0.1, 0.15) is 18.0 Å². The predicted octanol–water partition coefficient (Wildman–Crippen LogP) is 1.70. The first-order chi connectivity index (χ1) is 8.33. The van der Waals surface area contributed by atoms with Crippen molar-refractivity contribution in [3.8, 4) is 5.75 Å². The number of hydrogen-bond donors (Lipinski definition) is 1. The highest BCUT2D eigenvalue weighted by Crippen LogP contribution is 2.23. The molecule has 0 aliphatic carbocycles. The fourth-order valence-corrected chi connectivity index (χ4v) is 2.26. The molecular weight excluding hydrogens is 219 g/mol. The van der Waals surface area contributed by atoms with Crippen LogP contribution in [-0.4, -0.2) is 31.6 Å². The van der Waals surface area contributed by atoms with Crippen molar-refractivity contribution < 1.29 is 9.13 Å². The second-order valence-electron chi connectivity index (χ2n) is 4.50. The molecule has 0 aromatic heterocycles. The standard InChI is InChI=1S/C13H15FN2O/c14-12-8-15-4-3-13(12)17-11-2-1-9-6-16-7-10(9)5-11/h1-2,5,7,12-13,15H,3-4,6,8H2/t12-,13+/m0/s1. The Morgan fingerprint density at radius 2 is 2.35 bits per heavy atom. The molecule has 90 valence electrons. The monoisotopic (exact) mass is 234 g/mol. The van der Waals surface area contributed by atoms with Crippen molar-refractivity contribution >= 4 is 6.21 Å². The number of nitrogens with zero attached hydrogens (tertiary/aromatic N) is 1. The van der Waals surface area contributed by atoms with Crippen molar-refractivity contribution in [3.05, 3.63) is 29.3 Å². The molecule has 1 aromatic carbocycles. The lowest BCUT2D eigenvalue weighted by Gasteiger charge is -2.27. The predicted molar refractivity (Wildman–Crippen MR) is 64.5 cm³/mol. The molecule has 0 spiro atoms. The average Bonchev–Trinajstić information content (AvgIpc) is 2.79. The summed E-state index contributed by atoms with van der Waals surface area (Å²) in [5, 5.41) is 3.02. The number of fused-ring (bicyclic) bond motifs is 1. The van der Waals surface area contributed by atoms with Crippen molar-refractivity contribution in [2.75, 3.05) is 13.1 Å². The van der Waals surface area contributed by atoms with Crippen molar-refractivity contribution in [2.45, 2.75) is 25.2 Å². The maximum Gasteiger partial charge on any atom is 0.149 e. The van der Waals surface area contributed by atoms with Crippen molar-refractivity contribution in [1.82, 2.24) is 5.32 Å². The number of aliphatic imine (C=N–C) groups is 1. The van der Waals surface area contributed by atoms with E-state index in [-0.39, 0.29) is 6.10 Å². The van der Waals surface area contributed by atoms with E-state index in [1.165, 1.54) is 5.56 Å². The molecule has 4 heteroatoms. The van der Waals surface area contributed by atoms with E-state index >= 15 is 0 Å². The summed E-state index contributed by atoms with van der Waals surface area (Å²) in [6, 6.07) is 5.86. The second kappa shape index (κ2) is 4.45. The first kappa shape index (κ1) is 10.7. The third-order valence-electron chi connectivity index (χ3n) is 3.25. The number of ether oxygens (including phenoxy) is 1. The van der Waals surface area contributed by atoms with Crippen LogP contribution in [0.2, 0.25) is 0 Å². The Morgan fingerprint density at radius 3 is 3.24 bits per heavy atom. The number of benzene rings is 1. The van der Waals surface area contributed by atoms with Crippen LogP contribution >= 0.6 is 0 Å². The van der Waals surface area contributed by atoms with Crippen LogP contribution in [0.15, 0.2) is 23.2 Å². The van der Waals surface area contributed by atoms with Crippen LogP contribution in [0.25, 0.3) is 0 Å². The summed E-state index contributed by atoms with van der Waals surface area (Å²) in [5.74, 6) is 0.742. The van der Waals surface area contributed by atoms with Gasteiger partial charge in [0.2, 0.25) is 0 Å². The molecule has 1 fully saturated rings. The molecule has 17 heavy (non-hydrogen) atoms. The quantitative estimate of drug-likeness (QED) is 0.845. The van der Waals surface area contributed by atoms with Gasteiger partial charge in [-0.1, -0.05) is 6.07 Å². The number of piperidine rings is 1. The molecule has 0 radical (unpaired) electrons. The van der Waals surface area contributed by atoms with E-state index in [1.54, 1.807) is 0 Å². The highest BCUT2D eigenvalue weighted by molar-refractivity contribution is 5.84. The van der Waals surface area contributed by atoms with E-state index in [0.717, 1.165) is 24.4 Å². The Hall–Kier alpha value is -1.42. The summed E-state index contributed by atoms with van der Waals surface area (Å²) >= 11 is 0. The van der Waals surface area contributed by atoms with Gasteiger partial charge in [-0.05, 0) is 30.7 Å². The lowest BCUT2D eigenvalue weighted by Crippen LogP contribution is -2.44. The van der Waals surface area contributed by atoms with Crippen molar-refractivity contribution in [3.63, 3.8) is 0 Å². The van der Waals surface area contributed by atoms with Crippen LogP contribution in [0.5, 0.6) is 5.75 Å². The second-order valence-corrected chi connectivity index (χ2v) is 4.50. The summed E-state index contributed by atoms with van der Waals surface area (Å²) in [5.41, 5.74) is 2.30. The summed E-state index contributed by atoms with van der Waals surface area (Å²) in [6.07, 6.45) is 1.31. The minimum Gasteiger partial charge on any atom is -0.487 e. The van der Waals surface area contributed by atoms with Gasteiger partial charge in [0.15, 0.2) is 0 Å². The van der Waals surface area contributed by atoms with Gasteiger partial charge in [-0.25, -0.2) is 4.39 Å². The van der Waals surface area contributed by atoms with Gasteiger partial charge in [0.05, 0.1) is 6.54 Å². The topological polar surface area (TPSA) is 33.6 Å². The molecule has 0 unspecified atom stereocenters. The molecule has 2 atom stereocenters. The van der Waals surface area contributed by atoms with Crippen LogP contribution in [0, 0.1) is 0 Å². The molecule has 1 saturated heterocycles. The third-order valence-corrected chi connectivity index (χ3v) is 3.25. The fourth-order valence-electron chi connectivity index (χ4n) is 2.26. The van der Waals surface area contributed by atoms with Crippen molar-refractivity contribution in [1.29, 1.82) is 0 Å². The van der Waals surface area contributed by atoms with E-state index in [2.05, 4.69) is 10.3 Å². The SMILES string of the molecule is F[C@H]1CNCC[C@H]1Oc1ccc2c(c1)C=NC2. The maximum absolute atomic E-state index is 13.6. The van der Waals surface area contributed by atoms with E-state index in [0.29, 0.717) is 13.0 Å². The van der Waals surface area contributed by atoms with Gasteiger partial charge in [-0.3, -0.25) is 4.99 Å². The molecule has 2 aliphatic rings. The minimum absolute atomic E-state index is 0.326. The first-order valence-corrected chi connectivity index (χ1v) is 5.97. The van der Waals surface area contributed by atoms with Gasteiger partial charge < -0.3 is 10.1 Å². The lowest BCUT2D eigenvalue weighted by molar-refractivity contribution is 0.0731. The summed E-state index contributed by atoms with van der Waals surface area (Å²) in [6.45, 7) is 1.95. The van der Waals surface area contributed by atoms with Crippen LogP contribution < -0.4 is 10.1 Å². The highest BCUT2D eigenvalue weighted by Gasteiger charge is 2.26. The Bertz CT molecular complexity index is 447. The Labute approximate surface area is 99.7 Å². The number of hydrogen-bond acceptors (Lipinski definition) is 3. The molecule has 0 amide bonds.